The number of aromatic nitrogens is 1. The molecule has 1 aromatic carbocycles. The van der Waals surface area contributed by atoms with Crippen molar-refractivity contribution < 1.29 is 0 Å². The van der Waals surface area contributed by atoms with Crippen LogP contribution in [-0.4, -0.2) is 4.98 Å². The van der Waals surface area contributed by atoms with Crippen LogP contribution in [0.3, 0.4) is 0 Å². The number of rotatable bonds is 3. The minimum absolute atomic E-state index is 0.529. The second kappa shape index (κ2) is 5.34. The van der Waals surface area contributed by atoms with Crippen LogP contribution in [0.5, 0.6) is 0 Å². The quantitative estimate of drug-likeness (QED) is 0.900. The largest absolute Gasteiger partial charge is 0.326 e. The number of hydrogen-bond acceptors (Lipinski definition) is 3. The molecule has 1 heterocycles. The Morgan fingerprint density at radius 3 is 2.76 bits per heavy atom. The van der Waals surface area contributed by atoms with Crippen LogP contribution in [0.25, 0.3) is 0 Å². The molecular weight excluding hydrogens is 228 g/mol. The molecule has 3 heteroatoms. The third kappa shape index (κ3) is 2.87. The molecule has 0 aliphatic rings. The molecule has 2 aromatic rings. The van der Waals surface area contributed by atoms with Crippen molar-refractivity contribution in [3.8, 4) is 0 Å². The highest BCUT2D eigenvalue weighted by Gasteiger charge is 2.06. The predicted molar refractivity (Wildman–Crippen MR) is 72.2 cm³/mol. The van der Waals surface area contributed by atoms with Crippen molar-refractivity contribution in [2.75, 3.05) is 0 Å². The van der Waals surface area contributed by atoms with Crippen molar-refractivity contribution in [1.29, 1.82) is 0 Å². The van der Waals surface area contributed by atoms with Crippen molar-refractivity contribution in [2.45, 2.75) is 30.3 Å². The lowest BCUT2D eigenvalue weighted by atomic mass is 10.2. The third-order valence-electron chi connectivity index (χ3n) is 2.61. The van der Waals surface area contributed by atoms with E-state index in [1.165, 1.54) is 16.0 Å². The number of nitrogens with zero attached hydrogens (tertiary/aromatic N) is 1. The highest BCUT2D eigenvalue weighted by atomic mass is 32.2. The first-order valence-corrected chi connectivity index (χ1v) is 6.41. The fourth-order valence-corrected chi connectivity index (χ4v) is 2.65. The average molecular weight is 244 g/mol. The normalized spacial score (nSPS) is 10.5. The molecule has 17 heavy (non-hydrogen) atoms. The van der Waals surface area contributed by atoms with Gasteiger partial charge in [0.25, 0.3) is 0 Å². The van der Waals surface area contributed by atoms with Crippen molar-refractivity contribution in [2.24, 2.45) is 5.73 Å². The summed E-state index contributed by atoms with van der Waals surface area (Å²) in [5.74, 6) is 0. The number of pyridine rings is 1. The summed E-state index contributed by atoms with van der Waals surface area (Å²) in [7, 11) is 0. The van der Waals surface area contributed by atoms with E-state index >= 15 is 0 Å². The van der Waals surface area contributed by atoms with Crippen LogP contribution in [0.4, 0.5) is 0 Å². The molecule has 0 aliphatic carbocycles. The summed E-state index contributed by atoms with van der Waals surface area (Å²) in [6, 6.07) is 10.4. The van der Waals surface area contributed by atoms with Gasteiger partial charge in [-0.05, 0) is 37.1 Å². The van der Waals surface area contributed by atoms with E-state index in [4.69, 9.17) is 5.73 Å². The second-order valence-corrected chi connectivity index (χ2v) is 5.07. The van der Waals surface area contributed by atoms with Gasteiger partial charge in [-0.1, -0.05) is 35.5 Å². The summed E-state index contributed by atoms with van der Waals surface area (Å²) < 4.78 is 0. The van der Waals surface area contributed by atoms with E-state index in [9.17, 15) is 0 Å². The van der Waals surface area contributed by atoms with Gasteiger partial charge in [0, 0.05) is 17.6 Å². The molecule has 0 atom stereocenters. The zero-order valence-electron chi connectivity index (χ0n) is 10.1. The van der Waals surface area contributed by atoms with Gasteiger partial charge in [0.05, 0.1) is 0 Å². The smallest absolute Gasteiger partial charge is 0.105 e. The Bertz CT molecular complexity index is 523. The van der Waals surface area contributed by atoms with Crippen LogP contribution in [-0.2, 0) is 6.54 Å². The molecule has 88 valence electrons. The molecule has 2 N–H and O–H groups in total. The molecule has 0 fully saturated rings. The van der Waals surface area contributed by atoms with Crippen molar-refractivity contribution in [3.63, 3.8) is 0 Å². The maximum atomic E-state index is 5.71. The number of nitrogens with two attached hydrogens (primary N) is 1. The Morgan fingerprint density at radius 1 is 1.24 bits per heavy atom. The van der Waals surface area contributed by atoms with Gasteiger partial charge in [-0.2, -0.15) is 0 Å². The Balaban J connectivity index is 2.31. The molecule has 0 saturated heterocycles. The van der Waals surface area contributed by atoms with Crippen LogP contribution >= 0.6 is 11.8 Å². The SMILES string of the molecule is Cc1ccc(Sc2ncccc2CN)c(C)c1. The molecule has 0 amide bonds. The van der Waals surface area contributed by atoms with Crippen molar-refractivity contribution in [3.05, 3.63) is 53.2 Å². The fraction of sp³-hybridized carbons (Fsp3) is 0.214. The molecular formula is C14H16N2S. The topological polar surface area (TPSA) is 38.9 Å². The minimum atomic E-state index is 0.529. The Labute approximate surface area is 106 Å². The summed E-state index contributed by atoms with van der Waals surface area (Å²) >= 11 is 1.68. The Kier molecular flexibility index (Phi) is 3.82. The second-order valence-electron chi connectivity index (χ2n) is 4.04. The standard InChI is InChI=1S/C14H16N2S/c1-10-5-6-13(11(2)8-10)17-14-12(9-15)4-3-7-16-14/h3-8H,9,15H2,1-2H3. The first kappa shape index (κ1) is 12.1. The maximum absolute atomic E-state index is 5.71. The molecule has 0 radical (unpaired) electrons. The van der Waals surface area contributed by atoms with Crippen LogP contribution in [0.2, 0.25) is 0 Å². The van der Waals surface area contributed by atoms with Gasteiger partial charge in [-0.15, -0.1) is 0 Å². The first-order valence-electron chi connectivity index (χ1n) is 5.60. The lowest BCUT2D eigenvalue weighted by Crippen LogP contribution is -1.99. The number of aryl methyl sites for hydroxylation is 2. The molecule has 0 saturated carbocycles. The summed E-state index contributed by atoms with van der Waals surface area (Å²) in [5.41, 5.74) is 9.37. The van der Waals surface area contributed by atoms with Gasteiger partial charge in [-0.25, -0.2) is 4.98 Å². The Hall–Kier alpha value is -1.32. The van der Waals surface area contributed by atoms with E-state index in [0.29, 0.717) is 6.54 Å². The highest BCUT2D eigenvalue weighted by molar-refractivity contribution is 7.99. The lowest BCUT2D eigenvalue weighted by molar-refractivity contribution is 0.962. The van der Waals surface area contributed by atoms with Crippen LogP contribution in [0, 0.1) is 13.8 Å². The summed E-state index contributed by atoms with van der Waals surface area (Å²) in [6.45, 7) is 4.76. The first-order chi connectivity index (χ1) is 8.20. The van der Waals surface area contributed by atoms with E-state index in [1.807, 2.05) is 18.3 Å². The predicted octanol–water partition coefficient (Wildman–Crippen LogP) is 3.31. The van der Waals surface area contributed by atoms with Crippen LogP contribution in [0.15, 0.2) is 46.5 Å². The maximum Gasteiger partial charge on any atom is 0.105 e. The van der Waals surface area contributed by atoms with Crippen molar-refractivity contribution >= 4 is 11.8 Å². The van der Waals surface area contributed by atoms with Gasteiger partial charge >= 0.3 is 0 Å². The molecule has 2 nitrogen and oxygen atoms in total. The van der Waals surface area contributed by atoms with Gasteiger partial charge in [0.15, 0.2) is 0 Å². The van der Waals surface area contributed by atoms with Gasteiger partial charge in [0.2, 0.25) is 0 Å². The summed E-state index contributed by atoms with van der Waals surface area (Å²) in [6.07, 6.45) is 1.81. The fourth-order valence-electron chi connectivity index (χ4n) is 1.69. The zero-order chi connectivity index (χ0) is 12.3. The van der Waals surface area contributed by atoms with Crippen LogP contribution in [0.1, 0.15) is 16.7 Å². The lowest BCUT2D eigenvalue weighted by Gasteiger charge is -2.08. The minimum Gasteiger partial charge on any atom is -0.326 e. The zero-order valence-corrected chi connectivity index (χ0v) is 10.9. The summed E-state index contributed by atoms with van der Waals surface area (Å²) in [5, 5.41) is 1.00. The van der Waals surface area contributed by atoms with Crippen LogP contribution < -0.4 is 5.73 Å². The third-order valence-corrected chi connectivity index (χ3v) is 3.85. The van der Waals surface area contributed by atoms with Gasteiger partial charge in [0.1, 0.15) is 5.03 Å². The monoisotopic (exact) mass is 244 g/mol. The average Bonchev–Trinajstić information content (AvgIpc) is 2.33. The Morgan fingerprint density at radius 2 is 2.06 bits per heavy atom. The van der Waals surface area contributed by atoms with E-state index in [-0.39, 0.29) is 0 Å². The summed E-state index contributed by atoms with van der Waals surface area (Å²) in [4.78, 5) is 5.63. The van der Waals surface area contributed by atoms with E-state index in [0.717, 1.165) is 10.6 Å². The van der Waals surface area contributed by atoms with E-state index in [1.54, 1.807) is 11.8 Å². The number of hydrogen-bond donors (Lipinski definition) is 1. The molecule has 0 bridgehead atoms. The molecule has 2 rings (SSSR count). The molecule has 0 unspecified atom stereocenters. The van der Waals surface area contributed by atoms with E-state index < -0.39 is 0 Å². The van der Waals surface area contributed by atoms with Gasteiger partial charge in [-0.3, -0.25) is 0 Å². The van der Waals surface area contributed by atoms with E-state index in [2.05, 4.69) is 37.0 Å². The molecule has 1 aromatic heterocycles. The highest BCUT2D eigenvalue weighted by Crippen LogP contribution is 2.31. The number of benzene rings is 1. The molecule has 0 aliphatic heterocycles. The van der Waals surface area contributed by atoms with Crippen molar-refractivity contribution in [1.82, 2.24) is 4.98 Å². The van der Waals surface area contributed by atoms with Gasteiger partial charge < -0.3 is 5.73 Å². The molecule has 0 spiro atoms.